The van der Waals surface area contributed by atoms with Gasteiger partial charge in [-0.1, -0.05) is 42.7 Å². The number of halogens is 1. The summed E-state index contributed by atoms with van der Waals surface area (Å²) in [5.41, 5.74) is 6.75. The molecular formula is C14H17ClN2OS. The molecule has 0 bridgehead atoms. The van der Waals surface area contributed by atoms with E-state index in [-0.39, 0.29) is 5.91 Å². The summed E-state index contributed by atoms with van der Waals surface area (Å²) in [7, 11) is 0. The number of carbonyl (C=O) groups is 1. The topological polar surface area (TPSA) is 55.1 Å². The first kappa shape index (κ1) is 14.3. The number of hydrogen-bond acceptors (Lipinski definition) is 2. The van der Waals surface area contributed by atoms with Gasteiger partial charge in [-0.3, -0.25) is 4.79 Å². The van der Waals surface area contributed by atoms with Crippen LogP contribution in [-0.2, 0) is 0 Å². The van der Waals surface area contributed by atoms with Crippen LogP contribution in [0.2, 0.25) is 5.02 Å². The molecule has 0 heterocycles. The summed E-state index contributed by atoms with van der Waals surface area (Å²) in [5, 5.41) is 3.43. The van der Waals surface area contributed by atoms with Crippen molar-refractivity contribution < 1.29 is 4.79 Å². The Balaban J connectivity index is 2.22. The molecular weight excluding hydrogens is 280 g/mol. The number of hydrogen-bond donors (Lipinski definition) is 2. The highest BCUT2D eigenvalue weighted by Crippen LogP contribution is 2.31. The lowest BCUT2D eigenvalue weighted by atomic mass is 9.97. The predicted molar refractivity (Wildman–Crippen MR) is 81.6 cm³/mol. The number of thiocarbonyl (C=S) groups is 1. The second-order valence-corrected chi connectivity index (χ2v) is 5.94. The zero-order valence-corrected chi connectivity index (χ0v) is 12.4. The molecule has 1 aliphatic rings. The van der Waals surface area contributed by atoms with Gasteiger partial charge in [-0.15, -0.1) is 0 Å². The van der Waals surface area contributed by atoms with Gasteiger partial charge in [-0.25, -0.2) is 0 Å². The number of benzene rings is 1. The SMILES string of the molecule is Cc1ccc(C(=O)NC2(C(N)=S)CCCC2)c(Cl)c1. The molecule has 1 aromatic rings. The summed E-state index contributed by atoms with van der Waals surface area (Å²) in [4.78, 5) is 12.7. The minimum atomic E-state index is -0.541. The summed E-state index contributed by atoms with van der Waals surface area (Å²) in [5.74, 6) is -0.209. The number of aryl methyl sites for hydroxylation is 1. The summed E-state index contributed by atoms with van der Waals surface area (Å²) >= 11 is 11.2. The summed E-state index contributed by atoms with van der Waals surface area (Å²) < 4.78 is 0. The molecule has 5 heteroatoms. The number of nitrogens with one attached hydrogen (secondary N) is 1. The molecule has 3 nitrogen and oxygen atoms in total. The van der Waals surface area contributed by atoms with E-state index in [2.05, 4.69) is 5.32 Å². The van der Waals surface area contributed by atoms with E-state index < -0.39 is 5.54 Å². The van der Waals surface area contributed by atoms with E-state index in [0.29, 0.717) is 15.6 Å². The zero-order valence-electron chi connectivity index (χ0n) is 10.8. The standard InChI is InChI=1S/C14H17ClN2OS/c1-9-4-5-10(11(15)8-9)12(18)17-14(13(16)19)6-2-3-7-14/h4-5,8H,2-3,6-7H2,1H3,(H2,16,19)(H,17,18). The average molecular weight is 297 g/mol. The van der Waals surface area contributed by atoms with Crippen LogP contribution in [0.25, 0.3) is 0 Å². The molecule has 1 amide bonds. The third-order valence-electron chi connectivity index (χ3n) is 3.65. The Morgan fingerprint density at radius 1 is 1.42 bits per heavy atom. The van der Waals surface area contributed by atoms with E-state index >= 15 is 0 Å². The van der Waals surface area contributed by atoms with Gasteiger partial charge in [0.05, 0.1) is 21.1 Å². The van der Waals surface area contributed by atoms with E-state index in [1.165, 1.54) is 0 Å². The third-order valence-corrected chi connectivity index (χ3v) is 4.35. The fourth-order valence-corrected chi connectivity index (χ4v) is 3.08. The van der Waals surface area contributed by atoms with E-state index in [0.717, 1.165) is 31.2 Å². The molecule has 0 radical (unpaired) electrons. The van der Waals surface area contributed by atoms with Gasteiger partial charge in [0.1, 0.15) is 0 Å². The van der Waals surface area contributed by atoms with Crippen LogP contribution >= 0.6 is 23.8 Å². The fourth-order valence-electron chi connectivity index (χ4n) is 2.50. The largest absolute Gasteiger partial charge is 0.391 e. The van der Waals surface area contributed by atoms with Gasteiger partial charge in [0.2, 0.25) is 0 Å². The van der Waals surface area contributed by atoms with Crippen LogP contribution in [0.3, 0.4) is 0 Å². The molecule has 2 rings (SSSR count). The van der Waals surface area contributed by atoms with Crippen LogP contribution in [0.1, 0.15) is 41.6 Å². The normalized spacial score (nSPS) is 17.2. The molecule has 0 aromatic heterocycles. The summed E-state index contributed by atoms with van der Waals surface area (Å²) in [6, 6.07) is 5.37. The molecule has 0 aliphatic heterocycles. The van der Waals surface area contributed by atoms with Crippen LogP contribution in [0, 0.1) is 6.92 Å². The smallest absolute Gasteiger partial charge is 0.253 e. The van der Waals surface area contributed by atoms with Gasteiger partial charge in [-0.05, 0) is 37.5 Å². The molecule has 1 aromatic carbocycles. The maximum absolute atomic E-state index is 12.3. The van der Waals surface area contributed by atoms with E-state index in [4.69, 9.17) is 29.6 Å². The van der Waals surface area contributed by atoms with E-state index in [9.17, 15) is 4.79 Å². The minimum absolute atomic E-state index is 0.209. The van der Waals surface area contributed by atoms with Gasteiger partial charge < -0.3 is 11.1 Å². The first-order valence-corrected chi connectivity index (χ1v) is 7.12. The van der Waals surface area contributed by atoms with Crippen LogP contribution < -0.4 is 11.1 Å². The number of carbonyl (C=O) groups excluding carboxylic acids is 1. The van der Waals surface area contributed by atoms with Crippen molar-refractivity contribution in [2.75, 3.05) is 0 Å². The molecule has 1 fully saturated rings. The molecule has 102 valence electrons. The van der Waals surface area contributed by atoms with Crippen molar-refractivity contribution in [3.05, 3.63) is 34.3 Å². The summed E-state index contributed by atoms with van der Waals surface area (Å²) in [6.07, 6.45) is 3.66. The lowest BCUT2D eigenvalue weighted by Gasteiger charge is -2.29. The van der Waals surface area contributed by atoms with Gasteiger partial charge >= 0.3 is 0 Å². The third kappa shape index (κ3) is 2.90. The van der Waals surface area contributed by atoms with Crippen molar-refractivity contribution in [1.82, 2.24) is 5.32 Å². The highest BCUT2D eigenvalue weighted by Gasteiger charge is 2.38. The molecule has 3 N–H and O–H groups in total. The maximum Gasteiger partial charge on any atom is 0.253 e. The summed E-state index contributed by atoms with van der Waals surface area (Å²) in [6.45, 7) is 1.93. The second-order valence-electron chi connectivity index (χ2n) is 5.09. The first-order valence-electron chi connectivity index (χ1n) is 6.33. The van der Waals surface area contributed by atoms with E-state index in [1.807, 2.05) is 13.0 Å². The quantitative estimate of drug-likeness (QED) is 0.843. The van der Waals surface area contributed by atoms with Crippen molar-refractivity contribution in [3.8, 4) is 0 Å². The molecule has 0 saturated heterocycles. The molecule has 0 unspecified atom stereocenters. The highest BCUT2D eigenvalue weighted by molar-refractivity contribution is 7.80. The Bertz CT molecular complexity index is 524. The van der Waals surface area contributed by atoms with Gasteiger partial charge in [0.25, 0.3) is 5.91 Å². The van der Waals surface area contributed by atoms with Crippen molar-refractivity contribution >= 4 is 34.7 Å². The number of nitrogens with two attached hydrogens (primary N) is 1. The van der Waals surface area contributed by atoms with E-state index in [1.54, 1.807) is 12.1 Å². The lowest BCUT2D eigenvalue weighted by Crippen LogP contribution is -2.54. The Morgan fingerprint density at radius 2 is 2.05 bits per heavy atom. The zero-order chi connectivity index (χ0) is 14.0. The molecule has 19 heavy (non-hydrogen) atoms. The maximum atomic E-state index is 12.3. The predicted octanol–water partition coefficient (Wildman–Crippen LogP) is 2.98. The fraction of sp³-hybridized carbons (Fsp3) is 0.429. The van der Waals surface area contributed by atoms with Crippen molar-refractivity contribution in [2.45, 2.75) is 38.1 Å². The molecule has 1 aliphatic carbocycles. The monoisotopic (exact) mass is 296 g/mol. The van der Waals surface area contributed by atoms with Crippen LogP contribution in [-0.4, -0.2) is 16.4 Å². The molecule has 1 saturated carbocycles. The van der Waals surface area contributed by atoms with Crippen LogP contribution in [0.15, 0.2) is 18.2 Å². The minimum Gasteiger partial charge on any atom is -0.391 e. The Morgan fingerprint density at radius 3 is 2.58 bits per heavy atom. The van der Waals surface area contributed by atoms with Crippen LogP contribution in [0.5, 0.6) is 0 Å². The van der Waals surface area contributed by atoms with Gasteiger partial charge in [0, 0.05) is 0 Å². The Labute approximate surface area is 123 Å². The molecule has 0 atom stereocenters. The van der Waals surface area contributed by atoms with Crippen molar-refractivity contribution in [2.24, 2.45) is 5.73 Å². The Hall–Kier alpha value is -1.13. The van der Waals surface area contributed by atoms with Gasteiger partial charge in [0.15, 0.2) is 0 Å². The van der Waals surface area contributed by atoms with Crippen molar-refractivity contribution in [1.29, 1.82) is 0 Å². The molecule has 0 spiro atoms. The van der Waals surface area contributed by atoms with Gasteiger partial charge in [-0.2, -0.15) is 0 Å². The van der Waals surface area contributed by atoms with Crippen molar-refractivity contribution in [3.63, 3.8) is 0 Å². The second kappa shape index (κ2) is 5.47. The number of rotatable bonds is 3. The first-order chi connectivity index (χ1) is 8.94. The Kier molecular flexibility index (Phi) is 4.11. The average Bonchev–Trinajstić information content (AvgIpc) is 2.78. The number of amides is 1. The van der Waals surface area contributed by atoms with Crippen LogP contribution in [0.4, 0.5) is 0 Å². The highest BCUT2D eigenvalue weighted by atomic mass is 35.5. The lowest BCUT2D eigenvalue weighted by molar-refractivity contribution is 0.0924.